The fourth-order valence-electron chi connectivity index (χ4n) is 4.08. The topological polar surface area (TPSA) is 80.5 Å². The number of likely N-dealkylation sites (tertiary alicyclic amines) is 1. The van der Waals surface area contributed by atoms with Gasteiger partial charge in [-0.25, -0.2) is 8.42 Å². The van der Waals surface area contributed by atoms with E-state index in [1.165, 1.54) is 0 Å². The summed E-state index contributed by atoms with van der Waals surface area (Å²) in [5.41, 5.74) is 0.853. The van der Waals surface area contributed by atoms with E-state index in [-0.39, 0.29) is 29.2 Å². The van der Waals surface area contributed by atoms with Gasteiger partial charge < -0.3 is 9.42 Å². The lowest BCUT2D eigenvalue weighted by Crippen LogP contribution is -2.43. The van der Waals surface area contributed by atoms with Crippen LogP contribution in [0.2, 0.25) is 0 Å². The smallest absolute Gasteiger partial charge is 0.232 e. The van der Waals surface area contributed by atoms with Crippen molar-refractivity contribution >= 4 is 15.7 Å². The minimum absolute atomic E-state index is 0.0219. The summed E-state index contributed by atoms with van der Waals surface area (Å²) in [6.07, 6.45) is 0. The Morgan fingerprint density at radius 1 is 1.23 bits per heavy atom. The number of carbonyl (C=O) groups is 1. The van der Waals surface area contributed by atoms with Gasteiger partial charge in [-0.2, -0.15) is 0 Å². The van der Waals surface area contributed by atoms with E-state index >= 15 is 0 Å². The summed E-state index contributed by atoms with van der Waals surface area (Å²) in [6, 6.07) is 0. The van der Waals surface area contributed by atoms with Crippen molar-refractivity contribution in [3.8, 4) is 0 Å². The van der Waals surface area contributed by atoms with Crippen molar-refractivity contribution in [2.45, 2.75) is 33.1 Å². The van der Waals surface area contributed by atoms with Crippen LogP contribution < -0.4 is 0 Å². The first-order valence-electron chi connectivity index (χ1n) is 7.55. The first-order chi connectivity index (χ1) is 10.1. The molecule has 7 heteroatoms. The summed E-state index contributed by atoms with van der Waals surface area (Å²) in [6.45, 7) is 8.49. The van der Waals surface area contributed by atoms with Crippen LogP contribution in [-0.2, 0) is 20.0 Å². The van der Waals surface area contributed by atoms with Crippen molar-refractivity contribution < 1.29 is 17.7 Å². The lowest BCUT2D eigenvalue weighted by atomic mass is 9.82. The number of fused-ring (bicyclic) bond motifs is 1. The van der Waals surface area contributed by atoms with Gasteiger partial charge in [-0.05, 0) is 39.5 Å². The molecule has 2 fully saturated rings. The maximum absolute atomic E-state index is 13.0. The predicted molar refractivity (Wildman–Crippen MR) is 81.2 cm³/mol. The van der Waals surface area contributed by atoms with Gasteiger partial charge in [-0.1, -0.05) is 5.16 Å². The lowest BCUT2D eigenvalue weighted by molar-refractivity contribution is -0.135. The quantitative estimate of drug-likeness (QED) is 0.812. The number of nitrogens with zero attached hydrogens (tertiary/aromatic N) is 2. The SMILES string of the molecule is Cc1noc(C)c1C(C)(C)C(=O)N1C[C@@H]2CS(=O)(=O)C[C@@H]2C1. The van der Waals surface area contributed by atoms with Gasteiger partial charge in [0, 0.05) is 18.7 Å². The Hall–Kier alpha value is -1.37. The molecule has 1 aromatic heterocycles. The van der Waals surface area contributed by atoms with E-state index in [1.807, 2.05) is 32.6 Å². The molecule has 0 N–H and O–H groups in total. The van der Waals surface area contributed by atoms with Crippen LogP contribution in [0.15, 0.2) is 4.52 Å². The number of rotatable bonds is 2. The predicted octanol–water partition coefficient (Wildman–Crippen LogP) is 1.07. The van der Waals surface area contributed by atoms with Crippen molar-refractivity contribution in [1.82, 2.24) is 10.1 Å². The second kappa shape index (κ2) is 4.81. The second-order valence-corrected chi connectivity index (χ2v) is 9.29. The molecular formula is C15H22N2O4S. The third kappa shape index (κ3) is 2.35. The highest BCUT2D eigenvalue weighted by Crippen LogP contribution is 2.37. The first kappa shape index (κ1) is 15.5. The second-order valence-electron chi connectivity index (χ2n) is 7.13. The van der Waals surface area contributed by atoms with E-state index in [9.17, 15) is 13.2 Å². The molecule has 0 radical (unpaired) electrons. The lowest BCUT2D eigenvalue weighted by Gasteiger charge is -2.29. The molecule has 2 atom stereocenters. The van der Waals surface area contributed by atoms with Gasteiger partial charge in [0.1, 0.15) is 5.76 Å². The molecule has 6 nitrogen and oxygen atoms in total. The van der Waals surface area contributed by atoms with Gasteiger partial charge in [-0.3, -0.25) is 4.79 Å². The number of hydrogen-bond donors (Lipinski definition) is 0. The summed E-state index contributed by atoms with van der Waals surface area (Å²) < 4.78 is 28.5. The van der Waals surface area contributed by atoms with Crippen LogP contribution in [0.3, 0.4) is 0 Å². The summed E-state index contributed by atoms with van der Waals surface area (Å²) in [5, 5.41) is 3.94. The zero-order valence-corrected chi connectivity index (χ0v) is 14.2. The largest absolute Gasteiger partial charge is 0.361 e. The zero-order chi connectivity index (χ0) is 16.3. The zero-order valence-electron chi connectivity index (χ0n) is 13.4. The van der Waals surface area contributed by atoms with E-state index in [2.05, 4.69) is 5.16 Å². The molecule has 3 rings (SSSR count). The van der Waals surface area contributed by atoms with Gasteiger partial charge in [-0.15, -0.1) is 0 Å². The molecule has 0 bridgehead atoms. The molecule has 0 aliphatic carbocycles. The molecule has 3 heterocycles. The molecular weight excluding hydrogens is 304 g/mol. The van der Waals surface area contributed by atoms with Crippen LogP contribution in [0.5, 0.6) is 0 Å². The Balaban J connectivity index is 1.81. The highest BCUT2D eigenvalue weighted by molar-refractivity contribution is 7.91. The van der Waals surface area contributed by atoms with Crippen LogP contribution in [0, 0.1) is 25.7 Å². The number of aromatic nitrogens is 1. The van der Waals surface area contributed by atoms with E-state index < -0.39 is 15.3 Å². The van der Waals surface area contributed by atoms with Gasteiger partial charge in [0.05, 0.1) is 22.6 Å². The number of hydrogen-bond acceptors (Lipinski definition) is 5. The maximum Gasteiger partial charge on any atom is 0.232 e. The summed E-state index contributed by atoms with van der Waals surface area (Å²) in [4.78, 5) is 14.8. The van der Waals surface area contributed by atoms with Gasteiger partial charge in [0.2, 0.25) is 5.91 Å². The van der Waals surface area contributed by atoms with Crippen molar-refractivity contribution in [2.24, 2.45) is 11.8 Å². The third-order valence-corrected chi connectivity index (χ3v) is 6.86. The van der Waals surface area contributed by atoms with Crippen molar-refractivity contribution in [1.29, 1.82) is 0 Å². The summed E-state index contributed by atoms with van der Waals surface area (Å²) >= 11 is 0. The van der Waals surface area contributed by atoms with E-state index in [1.54, 1.807) is 0 Å². The average Bonchev–Trinajstić information content (AvgIpc) is 2.99. The highest BCUT2D eigenvalue weighted by atomic mass is 32.2. The molecule has 2 aliphatic heterocycles. The Morgan fingerprint density at radius 2 is 1.77 bits per heavy atom. The van der Waals surface area contributed by atoms with Crippen LogP contribution in [0.1, 0.15) is 30.9 Å². The first-order valence-corrected chi connectivity index (χ1v) is 9.37. The standard InChI is InChI=1S/C15H22N2O4S/c1-9-13(10(2)21-16-9)15(3,4)14(18)17-5-11-7-22(19,20)8-12(11)6-17/h11-12H,5-8H2,1-4H3/t11-,12+. The van der Waals surface area contributed by atoms with Crippen LogP contribution in [0.25, 0.3) is 0 Å². The number of amides is 1. The van der Waals surface area contributed by atoms with Crippen molar-refractivity contribution in [3.05, 3.63) is 17.0 Å². The molecule has 122 valence electrons. The molecule has 2 saturated heterocycles. The Bertz CT molecular complexity index is 680. The van der Waals surface area contributed by atoms with Crippen LogP contribution in [0.4, 0.5) is 0 Å². The van der Waals surface area contributed by atoms with Gasteiger partial charge in [0.25, 0.3) is 0 Å². The molecule has 2 aliphatic rings. The maximum atomic E-state index is 13.0. The van der Waals surface area contributed by atoms with Crippen molar-refractivity contribution in [2.75, 3.05) is 24.6 Å². The molecule has 0 unspecified atom stereocenters. The molecule has 0 spiro atoms. The Labute approximate surface area is 130 Å². The highest BCUT2D eigenvalue weighted by Gasteiger charge is 2.48. The number of sulfone groups is 1. The molecule has 1 aromatic rings. The summed E-state index contributed by atoms with van der Waals surface area (Å²) in [7, 11) is -2.91. The van der Waals surface area contributed by atoms with E-state index in [0.717, 1.165) is 11.3 Å². The molecule has 0 aromatic carbocycles. The fourth-order valence-corrected chi connectivity index (χ4v) is 6.28. The monoisotopic (exact) mass is 326 g/mol. The third-order valence-electron chi connectivity index (χ3n) is 4.99. The fraction of sp³-hybridized carbons (Fsp3) is 0.733. The number of aryl methyl sites for hydroxylation is 2. The van der Waals surface area contributed by atoms with Crippen molar-refractivity contribution in [3.63, 3.8) is 0 Å². The summed E-state index contributed by atoms with van der Waals surface area (Å²) in [5.74, 6) is 1.30. The molecule has 0 saturated carbocycles. The Kier molecular flexibility index (Phi) is 3.39. The van der Waals surface area contributed by atoms with E-state index in [4.69, 9.17) is 4.52 Å². The molecule has 22 heavy (non-hydrogen) atoms. The molecule has 1 amide bonds. The minimum atomic E-state index is -2.91. The van der Waals surface area contributed by atoms with Crippen LogP contribution >= 0.6 is 0 Å². The van der Waals surface area contributed by atoms with Crippen LogP contribution in [-0.4, -0.2) is 49.0 Å². The minimum Gasteiger partial charge on any atom is -0.361 e. The van der Waals surface area contributed by atoms with E-state index in [0.29, 0.717) is 18.8 Å². The normalized spacial score (nSPS) is 27.2. The van der Waals surface area contributed by atoms with Gasteiger partial charge >= 0.3 is 0 Å². The average molecular weight is 326 g/mol. The Morgan fingerprint density at radius 3 is 2.23 bits per heavy atom. The number of carbonyl (C=O) groups excluding carboxylic acids is 1. The van der Waals surface area contributed by atoms with Gasteiger partial charge in [0.15, 0.2) is 9.84 Å².